The molecule has 0 spiro atoms. The molecule has 5 nitrogen and oxygen atoms in total. The van der Waals surface area contributed by atoms with Crippen molar-refractivity contribution in [1.82, 2.24) is 4.90 Å². The van der Waals surface area contributed by atoms with Crippen molar-refractivity contribution in [1.29, 1.82) is 0 Å². The van der Waals surface area contributed by atoms with Gasteiger partial charge in [-0.25, -0.2) is 0 Å². The molecule has 1 saturated heterocycles. The minimum Gasteiger partial charge on any atom is -0.454 e. The van der Waals surface area contributed by atoms with Gasteiger partial charge in [-0.3, -0.25) is 4.79 Å². The van der Waals surface area contributed by atoms with Crippen LogP contribution in [0.2, 0.25) is 0 Å². The average Bonchev–Trinajstić information content (AvgIpc) is 2.71. The number of nitrogens with two attached hydrogens (primary N) is 1. The van der Waals surface area contributed by atoms with Crippen LogP contribution in [0.4, 0.5) is 0 Å². The molecule has 2 heterocycles. The number of nitrogens with zero attached hydrogens (tertiary/aromatic N) is 1. The van der Waals surface area contributed by atoms with Crippen LogP contribution in [-0.4, -0.2) is 36.2 Å². The van der Waals surface area contributed by atoms with E-state index in [2.05, 4.69) is 0 Å². The molecule has 1 aromatic rings. The molecule has 0 aliphatic carbocycles. The van der Waals surface area contributed by atoms with Gasteiger partial charge in [-0.2, -0.15) is 0 Å². The molecule has 2 aliphatic rings. The minimum atomic E-state index is -0.244. The van der Waals surface area contributed by atoms with Crippen LogP contribution in [0.5, 0.6) is 11.5 Å². The first-order chi connectivity index (χ1) is 8.05. The molecular formula is C12H14N2O3. The second-order valence-corrected chi connectivity index (χ2v) is 4.88. The Morgan fingerprint density at radius 3 is 2.76 bits per heavy atom. The summed E-state index contributed by atoms with van der Waals surface area (Å²) in [7, 11) is 0. The van der Waals surface area contributed by atoms with Crippen molar-refractivity contribution in [2.45, 2.75) is 12.5 Å². The van der Waals surface area contributed by atoms with Crippen molar-refractivity contribution >= 4 is 5.91 Å². The van der Waals surface area contributed by atoms with Crippen LogP contribution in [0.3, 0.4) is 0 Å². The molecule has 5 heteroatoms. The van der Waals surface area contributed by atoms with Gasteiger partial charge in [0.05, 0.1) is 0 Å². The number of carbonyl (C=O) groups is 1. The molecule has 3 rings (SSSR count). The van der Waals surface area contributed by atoms with E-state index in [9.17, 15) is 4.79 Å². The maximum atomic E-state index is 12.1. The summed E-state index contributed by atoms with van der Waals surface area (Å²) in [5, 5.41) is 0. The van der Waals surface area contributed by atoms with Gasteiger partial charge in [-0.05, 0) is 25.1 Å². The van der Waals surface area contributed by atoms with E-state index in [1.807, 2.05) is 6.92 Å². The van der Waals surface area contributed by atoms with E-state index in [-0.39, 0.29) is 18.2 Å². The molecule has 1 aromatic carbocycles. The van der Waals surface area contributed by atoms with Gasteiger partial charge in [-0.1, -0.05) is 0 Å². The van der Waals surface area contributed by atoms with Gasteiger partial charge in [0.1, 0.15) is 0 Å². The third-order valence-electron chi connectivity index (χ3n) is 3.01. The van der Waals surface area contributed by atoms with Crippen molar-refractivity contribution in [3.05, 3.63) is 23.8 Å². The summed E-state index contributed by atoms with van der Waals surface area (Å²) >= 11 is 0. The van der Waals surface area contributed by atoms with Gasteiger partial charge < -0.3 is 20.1 Å². The highest BCUT2D eigenvalue weighted by Gasteiger charge is 2.38. The van der Waals surface area contributed by atoms with E-state index in [1.54, 1.807) is 23.1 Å². The van der Waals surface area contributed by atoms with Gasteiger partial charge >= 0.3 is 0 Å². The number of ether oxygens (including phenoxy) is 2. The average molecular weight is 234 g/mol. The summed E-state index contributed by atoms with van der Waals surface area (Å²) in [6.07, 6.45) is 0. The Morgan fingerprint density at radius 1 is 1.35 bits per heavy atom. The topological polar surface area (TPSA) is 64.8 Å². The van der Waals surface area contributed by atoms with Crippen LogP contribution in [0, 0.1) is 0 Å². The third kappa shape index (κ3) is 1.72. The van der Waals surface area contributed by atoms with Crippen LogP contribution >= 0.6 is 0 Å². The molecule has 0 bridgehead atoms. The highest BCUT2D eigenvalue weighted by Crippen LogP contribution is 2.33. The van der Waals surface area contributed by atoms with E-state index < -0.39 is 0 Å². The SMILES string of the molecule is CC1(N)CN(C(=O)c2ccc3c(c2)OCO3)C1. The number of fused-ring (bicyclic) bond motifs is 1. The van der Waals surface area contributed by atoms with Crippen molar-refractivity contribution in [2.75, 3.05) is 19.9 Å². The highest BCUT2D eigenvalue weighted by atomic mass is 16.7. The Balaban J connectivity index is 1.79. The normalized spacial score (nSPS) is 20.0. The van der Waals surface area contributed by atoms with Crippen LogP contribution < -0.4 is 15.2 Å². The minimum absolute atomic E-state index is 0.00812. The summed E-state index contributed by atoms with van der Waals surface area (Å²) in [4.78, 5) is 13.8. The van der Waals surface area contributed by atoms with Gasteiger partial charge in [0.25, 0.3) is 5.91 Å². The fraction of sp³-hybridized carbons (Fsp3) is 0.417. The second kappa shape index (κ2) is 3.37. The Hall–Kier alpha value is -1.75. The van der Waals surface area contributed by atoms with Gasteiger partial charge in [0, 0.05) is 24.2 Å². The fourth-order valence-corrected chi connectivity index (χ4v) is 2.18. The lowest BCUT2D eigenvalue weighted by atomic mass is 9.93. The van der Waals surface area contributed by atoms with Crippen LogP contribution in [0.15, 0.2) is 18.2 Å². The number of likely N-dealkylation sites (tertiary alicyclic amines) is 1. The zero-order chi connectivity index (χ0) is 12.0. The van der Waals surface area contributed by atoms with Gasteiger partial charge in [-0.15, -0.1) is 0 Å². The summed E-state index contributed by atoms with van der Waals surface area (Å²) in [5.74, 6) is 1.31. The number of benzene rings is 1. The standard InChI is InChI=1S/C12H14N2O3/c1-12(13)5-14(6-12)11(15)8-2-3-9-10(4-8)17-7-16-9/h2-4H,5-7,13H2,1H3. The van der Waals surface area contributed by atoms with E-state index in [0.717, 1.165) is 0 Å². The molecular weight excluding hydrogens is 220 g/mol. The first-order valence-corrected chi connectivity index (χ1v) is 5.53. The molecule has 0 aromatic heterocycles. The Kier molecular flexibility index (Phi) is 2.06. The molecule has 90 valence electrons. The van der Waals surface area contributed by atoms with Crippen molar-refractivity contribution < 1.29 is 14.3 Å². The third-order valence-corrected chi connectivity index (χ3v) is 3.01. The summed E-state index contributed by atoms with van der Waals surface area (Å²) < 4.78 is 10.4. The van der Waals surface area contributed by atoms with E-state index in [0.29, 0.717) is 30.2 Å². The fourth-order valence-electron chi connectivity index (χ4n) is 2.18. The number of carbonyl (C=O) groups excluding carboxylic acids is 1. The van der Waals surface area contributed by atoms with Crippen molar-refractivity contribution in [2.24, 2.45) is 5.73 Å². The molecule has 0 unspecified atom stereocenters. The molecule has 0 saturated carbocycles. The predicted octanol–water partition coefficient (Wildman–Crippen LogP) is 0.588. The smallest absolute Gasteiger partial charge is 0.254 e. The maximum absolute atomic E-state index is 12.1. The van der Waals surface area contributed by atoms with Crippen LogP contribution in [0.25, 0.3) is 0 Å². The first-order valence-electron chi connectivity index (χ1n) is 5.53. The van der Waals surface area contributed by atoms with Crippen LogP contribution in [-0.2, 0) is 0 Å². The number of hydrogen-bond donors (Lipinski definition) is 1. The van der Waals surface area contributed by atoms with Crippen molar-refractivity contribution in [3.8, 4) is 11.5 Å². The Morgan fingerprint density at radius 2 is 2.06 bits per heavy atom. The van der Waals surface area contributed by atoms with Crippen molar-refractivity contribution in [3.63, 3.8) is 0 Å². The van der Waals surface area contributed by atoms with E-state index in [4.69, 9.17) is 15.2 Å². The quantitative estimate of drug-likeness (QED) is 0.772. The number of rotatable bonds is 1. The summed E-state index contributed by atoms with van der Waals surface area (Å²) in [5.41, 5.74) is 6.25. The lowest BCUT2D eigenvalue weighted by Gasteiger charge is -2.45. The summed E-state index contributed by atoms with van der Waals surface area (Å²) in [6.45, 7) is 3.36. The molecule has 2 N–H and O–H groups in total. The maximum Gasteiger partial charge on any atom is 0.254 e. The zero-order valence-electron chi connectivity index (χ0n) is 9.60. The predicted molar refractivity (Wildman–Crippen MR) is 61.1 cm³/mol. The molecule has 0 radical (unpaired) electrons. The van der Waals surface area contributed by atoms with Gasteiger partial charge in [0.2, 0.25) is 6.79 Å². The highest BCUT2D eigenvalue weighted by molar-refractivity contribution is 5.95. The molecule has 17 heavy (non-hydrogen) atoms. The Bertz CT molecular complexity index is 477. The molecule has 1 fully saturated rings. The Labute approximate surface area is 99.1 Å². The molecule has 0 atom stereocenters. The van der Waals surface area contributed by atoms with Crippen LogP contribution in [0.1, 0.15) is 17.3 Å². The molecule has 2 aliphatic heterocycles. The van der Waals surface area contributed by atoms with E-state index in [1.165, 1.54) is 0 Å². The lowest BCUT2D eigenvalue weighted by Crippen LogP contribution is -2.66. The monoisotopic (exact) mass is 234 g/mol. The lowest BCUT2D eigenvalue weighted by molar-refractivity contribution is 0.0453. The zero-order valence-corrected chi connectivity index (χ0v) is 9.60. The molecule has 1 amide bonds. The second-order valence-electron chi connectivity index (χ2n) is 4.88. The number of hydrogen-bond acceptors (Lipinski definition) is 4. The van der Waals surface area contributed by atoms with E-state index >= 15 is 0 Å². The van der Waals surface area contributed by atoms with Gasteiger partial charge in [0.15, 0.2) is 11.5 Å². The first kappa shape index (κ1) is 10.4. The largest absolute Gasteiger partial charge is 0.454 e. The number of amides is 1. The summed E-state index contributed by atoms with van der Waals surface area (Å²) in [6, 6.07) is 5.23.